The van der Waals surface area contributed by atoms with Gasteiger partial charge in [-0.05, 0) is 25.7 Å². The summed E-state index contributed by atoms with van der Waals surface area (Å²) in [6.45, 7) is 2.93. The van der Waals surface area contributed by atoms with E-state index in [2.05, 4.69) is 22.2 Å². The van der Waals surface area contributed by atoms with Crippen LogP contribution in [-0.2, 0) is 6.54 Å². The van der Waals surface area contributed by atoms with Crippen LogP contribution in [-0.4, -0.2) is 30.2 Å². The summed E-state index contributed by atoms with van der Waals surface area (Å²) in [5.74, 6) is 1.94. The van der Waals surface area contributed by atoms with Gasteiger partial charge in [0.25, 0.3) is 0 Å². The van der Waals surface area contributed by atoms with E-state index < -0.39 is 0 Å². The van der Waals surface area contributed by atoms with Crippen molar-refractivity contribution >= 4 is 0 Å². The molecule has 1 aromatic heterocycles. The molecule has 0 aliphatic heterocycles. The number of methoxy groups -OCH3 is 2. The summed E-state index contributed by atoms with van der Waals surface area (Å²) < 4.78 is 10.6. The molecule has 0 saturated heterocycles. The highest BCUT2D eigenvalue weighted by molar-refractivity contribution is 5.34. The van der Waals surface area contributed by atoms with Gasteiger partial charge in [0.05, 0.1) is 19.8 Å². The molecule has 1 unspecified atom stereocenters. The Hall–Kier alpha value is -1.36. The molecule has 0 bridgehead atoms. The maximum absolute atomic E-state index is 5.29. The number of ether oxygens (including phenoxy) is 2. The molecule has 1 aliphatic rings. The van der Waals surface area contributed by atoms with E-state index in [9.17, 15) is 0 Å². The number of nitrogens with zero attached hydrogens (tertiary/aromatic N) is 2. The van der Waals surface area contributed by atoms with Gasteiger partial charge in [-0.25, -0.2) is 9.97 Å². The quantitative estimate of drug-likeness (QED) is 0.867. The van der Waals surface area contributed by atoms with Gasteiger partial charge >= 0.3 is 0 Å². The highest BCUT2D eigenvalue weighted by atomic mass is 16.5. The van der Waals surface area contributed by atoms with Gasteiger partial charge in [-0.15, -0.1) is 0 Å². The largest absolute Gasteiger partial charge is 0.481 e. The van der Waals surface area contributed by atoms with Crippen LogP contribution in [0, 0.1) is 5.92 Å². The summed E-state index contributed by atoms with van der Waals surface area (Å²) in [5.41, 5.74) is 0.889. The van der Waals surface area contributed by atoms with Crippen molar-refractivity contribution in [3.63, 3.8) is 0 Å². The first kappa shape index (κ1) is 15.0. The van der Waals surface area contributed by atoms with Crippen molar-refractivity contribution in [2.45, 2.75) is 51.6 Å². The van der Waals surface area contributed by atoms with Gasteiger partial charge in [-0.3, -0.25) is 0 Å². The van der Waals surface area contributed by atoms with Crippen LogP contribution in [0.25, 0.3) is 0 Å². The Bertz CT molecular complexity index is 397. The van der Waals surface area contributed by atoms with Crippen molar-refractivity contribution in [1.82, 2.24) is 15.3 Å². The van der Waals surface area contributed by atoms with E-state index in [-0.39, 0.29) is 0 Å². The maximum atomic E-state index is 5.29. The second kappa shape index (κ2) is 7.43. The van der Waals surface area contributed by atoms with Gasteiger partial charge in [0.1, 0.15) is 6.33 Å². The zero-order valence-corrected chi connectivity index (χ0v) is 12.7. The van der Waals surface area contributed by atoms with Crippen LogP contribution in [0.5, 0.6) is 11.8 Å². The average Bonchev–Trinajstić information content (AvgIpc) is 2.52. The fourth-order valence-electron chi connectivity index (χ4n) is 2.95. The lowest BCUT2D eigenvalue weighted by Crippen LogP contribution is -2.34. The van der Waals surface area contributed by atoms with Crippen LogP contribution in [0.4, 0.5) is 0 Å². The number of hydrogen-bond donors (Lipinski definition) is 1. The molecule has 1 heterocycles. The topological polar surface area (TPSA) is 56.3 Å². The first-order valence-corrected chi connectivity index (χ1v) is 7.41. The first-order valence-electron chi connectivity index (χ1n) is 7.41. The number of rotatable bonds is 6. The summed E-state index contributed by atoms with van der Waals surface area (Å²) >= 11 is 0. The van der Waals surface area contributed by atoms with Gasteiger partial charge < -0.3 is 14.8 Å². The summed E-state index contributed by atoms with van der Waals surface area (Å²) in [6, 6.07) is 0.491. The van der Waals surface area contributed by atoms with Crippen LogP contribution in [0.15, 0.2) is 6.33 Å². The van der Waals surface area contributed by atoms with E-state index >= 15 is 0 Å². The van der Waals surface area contributed by atoms with Crippen LogP contribution < -0.4 is 14.8 Å². The maximum Gasteiger partial charge on any atom is 0.224 e. The Morgan fingerprint density at radius 2 is 1.75 bits per heavy atom. The van der Waals surface area contributed by atoms with Crippen LogP contribution in [0.1, 0.15) is 44.6 Å². The Labute approximate surface area is 121 Å². The van der Waals surface area contributed by atoms with E-state index in [1.54, 1.807) is 14.2 Å². The molecule has 0 spiro atoms. The van der Waals surface area contributed by atoms with Crippen molar-refractivity contribution in [2.24, 2.45) is 5.92 Å². The molecule has 1 aromatic rings. The lowest BCUT2D eigenvalue weighted by molar-refractivity contribution is 0.277. The van der Waals surface area contributed by atoms with Gasteiger partial charge in [-0.2, -0.15) is 0 Å². The summed E-state index contributed by atoms with van der Waals surface area (Å²) in [4.78, 5) is 8.29. The smallest absolute Gasteiger partial charge is 0.224 e. The Morgan fingerprint density at radius 1 is 1.15 bits per heavy atom. The standard InChI is InChI=1S/C15H25N3O2/c1-11(12-7-5-4-6-8-12)16-9-13-14(19-2)17-10-18-15(13)20-3/h10-12,16H,4-9H2,1-3H3. The van der Waals surface area contributed by atoms with E-state index in [4.69, 9.17) is 9.47 Å². The molecule has 20 heavy (non-hydrogen) atoms. The van der Waals surface area contributed by atoms with Gasteiger partial charge in [0.2, 0.25) is 11.8 Å². The highest BCUT2D eigenvalue weighted by Gasteiger charge is 2.21. The number of aromatic nitrogens is 2. The van der Waals surface area contributed by atoms with Crippen LogP contribution >= 0.6 is 0 Å². The van der Waals surface area contributed by atoms with Crippen molar-refractivity contribution in [2.75, 3.05) is 14.2 Å². The number of nitrogens with one attached hydrogen (secondary N) is 1. The number of hydrogen-bond acceptors (Lipinski definition) is 5. The Kier molecular flexibility index (Phi) is 5.59. The molecule has 0 amide bonds. The minimum atomic E-state index is 0.491. The van der Waals surface area contributed by atoms with Gasteiger partial charge in [0, 0.05) is 12.6 Å². The van der Waals surface area contributed by atoms with Crippen molar-refractivity contribution in [3.8, 4) is 11.8 Å². The summed E-state index contributed by atoms with van der Waals surface area (Å²) in [5, 5.41) is 3.58. The van der Waals surface area contributed by atoms with Crippen LogP contribution in [0.2, 0.25) is 0 Å². The zero-order chi connectivity index (χ0) is 14.4. The normalized spacial score (nSPS) is 17.8. The lowest BCUT2D eigenvalue weighted by atomic mass is 9.84. The van der Waals surface area contributed by atoms with Crippen LogP contribution in [0.3, 0.4) is 0 Å². The molecular weight excluding hydrogens is 254 g/mol. The first-order chi connectivity index (χ1) is 9.76. The van der Waals surface area contributed by atoms with E-state index in [1.807, 2.05) is 0 Å². The fourth-order valence-corrected chi connectivity index (χ4v) is 2.95. The predicted octanol–water partition coefficient (Wildman–Crippen LogP) is 2.55. The SMILES string of the molecule is COc1ncnc(OC)c1CNC(C)C1CCCCC1. The minimum absolute atomic E-state index is 0.491. The zero-order valence-electron chi connectivity index (χ0n) is 12.7. The lowest BCUT2D eigenvalue weighted by Gasteiger charge is -2.28. The monoisotopic (exact) mass is 279 g/mol. The van der Waals surface area contributed by atoms with Crippen molar-refractivity contribution in [3.05, 3.63) is 11.9 Å². The molecule has 112 valence electrons. The molecule has 5 nitrogen and oxygen atoms in total. The van der Waals surface area contributed by atoms with Gasteiger partial charge in [-0.1, -0.05) is 19.3 Å². The van der Waals surface area contributed by atoms with Gasteiger partial charge in [0.15, 0.2) is 0 Å². The molecule has 2 rings (SSSR count). The summed E-state index contributed by atoms with van der Waals surface area (Å²) in [7, 11) is 3.24. The predicted molar refractivity (Wildman–Crippen MR) is 78.0 cm³/mol. The third-order valence-electron chi connectivity index (χ3n) is 4.21. The molecule has 1 N–H and O–H groups in total. The Morgan fingerprint density at radius 3 is 2.30 bits per heavy atom. The second-order valence-corrected chi connectivity index (χ2v) is 5.44. The third kappa shape index (κ3) is 3.60. The van der Waals surface area contributed by atoms with Crippen molar-refractivity contribution in [1.29, 1.82) is 0 Å². The Balaban J connectivity index is 1.98. The average molecular weight is 279 g/mol. The van der Waals surface area contributed by atoms with E-state index in [0.29, 0.717) is 24.3 Å². The van der Waals surface area contributed by atoms with Crippen molar-refractivity contribution < 1.29 is 9.47 Å². The minimum Gasteiger partial charge on any atom is -0.481 e. The highest BCUT2D eigenvalue weighted by Crippen LogP contribution is 2.28. The third-order valence-corrected chi connectivity index (χ3v) is 4.21. The van der Waals surface area contributed by atoms with E-state index in [0.717, 1.165) is 11.5 Å². The molecule has 0 radical (unpaired) electrons. The molecular formula is C15H25N3O2. The fraction of sp³-hybridized carbons (Fsp3) is 0.733. The molecule has 5 heteroatoms. The molecule has 1 aliphatic carbocycles. The molecule has 1 saturated carbocycles. The second-order valence-electron chi connectivity index (χ2n) is 5.44. The molecule has 1 atom stereocenters. The molecule has 0 aromatic carbocycles. The molecule has 1 fully saturated rings. The summed E-state index contributed by atoms with van der Waals surface area (Å²) in [6.07, 6.45) is 8.22. The van der Waals surface area contributed by atoms with E-state index in [1.165, 1.54) is 38.4 Å².